The molecule has 0 fully saturated rings. The van der Waals surface area contributed by atoms with Crippen molar-refractivity contribution >= 4 is 40.2 Å². The number of carbonyl (C=O) groups is 2. The van der Waals surface area contributed by atoms with Crippen molar-refractivity contribution in [3.63, 3.8) is 0 Å². The number of non-ortho nitro benzene ring substituents is 1. The van der Waals surface area contributed by atoms with E-state index in [1.807, 2.05) is 0 Å². The van der Waals surface area contributed by atoms with Gasteiger partial charge >= 0.3 is 5.97 Å². The highest BCUT2D eigenvalue weighted by Gasteiger charge is 2.22. The molecule has 0 aliphatic heterocycles. The van der Waals surface area contributed by atoms with Crippen LogP contribution < -0.4 is 5.32 Å². The van der Waals surface area contributed by atoms with Gasteiger partial charge in [0.25, 0.3) is 11.6 Å². The molecule has 1 aromatic rings. The molecule has 8 nitrogen and oxygen atoms in total. The van der Waals surface area contributed by atoms with Crippen LogP contribution in [0.3, 0.4) is 0 Å². The maximum absolute atomic E-state index is 11.8. The first kappa shape index (κ1) is 15.3. The predicted molar refractivity (Wildman–Crippen MR) is 71.8 cm³/mol. The predicted octanol–water partition coefficient (Wildman–Crippen LogP) is 0.375. The average molecular weight is 380 g/mol. The largest absolute Gasteiger partial charge is 0.480 e. The van der Waals surface area contributed by atoms with Crippen LogP contribution in [0.2, 0.25) is 0 Å². The van der Waals surface area contributed by atoms with E-state index in [1.54, 1.807) is 22.6 Å². The highest BCUT2D eigenvalue weighted by Crippen LogP contribution is 2.19. The molecule has 0 aliphatic rings. The quantitative estimate of drug-likeness (QED) is 0.385. The van der Waals surface area contributed by atoms with Crippen molar-refractivity contribution in [1.29, 1.82) is 0 Å². The summed E-state index contributed by atoms with van der Waals surface area (Å²) in [4.78, 5) is 32.4. The summed E-state index contributed by atoms with van der Waals surface area (Å²) in [6.45, 7) is -0.771. The van der Waals surface area contributed by atoms with Gasteiger partial charge in [-0.15, -0.1) is 0 Å². The molecular weight excluding hydrogens is 371 g/mol. The molecule has 0 saturated heterocycles. The number of benzene rings is 1. The lowest BCUT2D eigenvalue weighted by molar-refractivity contribution is -0.384. The Balaban J connectivity index is 3.02. The van der Waals surface area contributed by atoms with Gasteiger partial charge in [0, 0.05) is 15.7 Å². The smallest absolute Gasteiger partial charge is 0.328 e. The summed E-state index contributed by atoms with van der Waals surface area (Å²) < 4.78 is 0.433. The molecule has 0 spiro atoms. The fraction of sp³-hybridized carbons (Fsp3) is 0.200. The normalized spacial score (nSPS) is 11.7. The molecule has 0 bridgehead atoms. The number of aliphatic hydroxyl groups excluding tert-OH is 1. The Hall–Kier alpha value is -1.75. The van der Waals surface area contributed by atoms with E-state index in [0.29, 0.717) is 3.57 Å². The van der Waals surface area contributed by atoms with Crippen molar-refractivity contribution in [3.05, 3.63) is 37.4 Å². The third-order valence-corrected chi connectivity index (χ3v) is 3.13. The number of nitrogens with one attached hydrogen (secondary N) is 1. The number of aliphatic carboxylic acids is 1. The number of hydrogen-bond acceptors (Lipinski definition) is 5. The third kappa shape index (κ3) is 3.86. The van der Waals surface area contributed by atoms with Crippen LogP contribution in [0.25, 0.3) is 0 Å². The zero-order valence-corrected chi connectivity index (χ0v) is 11.5. The summed E-state index contributed by atoms with van der Waals surface area (Å²) in [5, 5.41) is 30.2. The molecule has 0 saturated carbocycles. The lowest BCUT2D eigenvalue weighted by Crippen LogP contribution is -2.43. The van der Waals surface area contributed by atoms with E-state index in [2.05, 4.69) is 5.32 Å². The van der Waals surface area contributed by atoms with Crippen LogP contribution >= 0.6 is 22.6 Å². The number of carbonyl (C=O) groups excluding carboxylic acids is 1. The molecule has 9 heteroatoms. The number of rotatable bonds is 5. The number of hydrogen-bond donors (Lipinski definition) is 3. The van der Waals surface area contributed by atoms with Gasteiger partial charge in [0.15, 0.2) is 6.04 Å². The summed E-state index contributed by atoms with van der Waals surface area (Å²) in [5.74, 6) is -2.19. The maximum atomic E-state index is 11.8. The topological polar surface area (TPSA) is 130 Å². The van der Waals surface area contributed by atoms with Crippen LogP contribution in [0, 0.1) is 13.7 Å². The van der Waals surface area contributed by atoms with Crippen molar-refractivity contribution in [2.45, 2.75) is 6.04 Å². The molecule has 0 unspecified atom stereocenters. The second-order valence-electron chi connectivity index (χ2n) is 3.47. The second kappa shape index (κ2) is 6.43. The lowest BCUT2D eigenvalue weighted by atomic mass is 10.1. The number of nitro groups is 1. The van der Waals surface area contributed by atoms with E-state index in [-0.39, 0.29) is 11.3 Å². The SMILES string of the molecule is O=C(N[C@@H](CO)C(=O)O)c1cc([N+](=O)[O-])ccc1I. The Kier molecular flexibility index (Phi) is 5.18. The van der Waals surface area contributed by atoms with Gasteiger partial charge in [0.05, 0.1) is 17.1 Å². The number of nitro benzene ring substituents is 1. The van der Waals surface area contributed by atoms with E-state index < -0.39 is 29.4 Å². The molecule has 1 atom stereocenters. The summed E-state index contributed by atoms with van der Waals surface area (Å²) in [5.41, 5.74) is -0.295. The molecular formula is C10H9IN2O6. The molecule has 19 heavy (non-hydrogen) atoms. The molecule has 0 aromatic heterocycles. The Morgan fingerprint density at radius 2 is 2.11 bits per heavy atom. The molecule has 3 N–H and O–H groups in total. The monoisotopic (exact) mass is 380 g/mol. The van der Waals surface area contributed by atoms with Crippen molar-refractivity contribution in [2.75, 3.05) is 6.61 Å². The molecule has 1 aromatic carbocycles. The zero-order valence-electron chi connectivity index (χ0n) is 9.37. The lowest BCUT2D eigenvalue weighted by Gasteiger charge is -2.12. The second-order valence-corrected chi connectivity index (χ2v) is 4.63. The minimum absolute atomic E-state index is 0.0190. The summed E-state index contributed by atoms with van der Waals surface area (Å²) in [6, 6.07) is 2.21. The maximum Gasteiger partial charge on any atom is 0.328 e. The Bertz CT molecular complexity index is 533. The summed E-state index contributed by atoms with van der Waals surface area (Å²) in [7, 11) is 0. The highest BCUT2D eigenvalue weighted by molar-refractivity contribution is 14.1. The number of halogens is 1. The third-order valence-electron chi connectivity index (χ3n) is 2.19. The Morgan fingerprint density at radius 1 is 1.47 bits per heavy atom. The van der Waals surface area contributed by atoms with E-state index in [1.165, 1.54) is 12.1 Å². The molecule has 0 radical (unpaired) electrons. The van der Waals surface area contributed by atoms with E-state index in [9.17, 15) is 19.7 Å². The van der Waals surface area contributed by atoms with Gasteiger partial charge in [0.2, 0.25) is 0 Å². The molecule has 102 valence electrons. The minimum Gasteiger partial charge on any atom is -0.480 e. The van der Waals surface area contributed by atoms with Gasteiger partial charge in [-0.1, -0.05) is 0 Å². The minimum atomic E-state index is -1.46. The number of aliphatic hydroxyl groups is 1. The highest BCUT2D eigenvalue weighted by atomic mass is 127. The fourth-order valence-corrected chi connectivity index (χ4v) is 1.80. The zero-order chi connectivity index (χ0) is 14.6. The van der Waals surface area contributed by atoms with Gasteiger partial charge in [-0.25, -0.2) is 4.79 Å². The Labute approximate surface area is 120 Å². The summed E-state index contributed by atoms with van der Waals surface area (Å²) in [6.07, 6.45) is 0. The van der Waals surface area contributed by atoms with Crippen molar-refractivity contribution in [1.82, 2.24) is 5.32 Å². The fourth-order valence-electron chi connectivity index (χ4n) is 1.22. The number of carboxylic acid groups (broad SMARTS) is 1. The van der Waals surface area contributed by atoms with Gasteiger partial charge in [-0.3, -0.25) is 14.9 Å². The van der Waals surface area contributed by atoms with Crippen LogP contribution in [0.15, 0.2) is 18.2 Å². The number of nitrogens with zero attached hydrogens (tertiary/aromatic N) is 1. The van der Waals surface area contributed by atoms with Crippen LogP contribution in [0.1, 0.15) is 10.4 Å². The van der Waals surface area contributed by atoms with Crippen molar-refractivity contribution < 1.29 is 24.7 Å². The van der Waals surface area contributed by atoms with Crippen molar-refractivity contribution in [2.24, 2.45) is 0 Å². The van der Waals surface area contributed by atoms with Crippen LogP contribution in [-0.2, 0) is 4.79 Å². The molecule has 1 amide bonds. The van der Waals surface area contributed by atoms with Gasteiger partial charge in [0.1, 0.15) is 0 Å². The van der Waals surface area contributed by atoms with Gasteiger partial charge in [-0.2, -0.15) is 0 Å². The van der Waals surface area contributed by atoms with Crippen LogP contribution in [0.5, 0.6) is 0 Å². The van der Waals surface area contributed by atoms with Crippen LogP contribution in [0.4, 0.5) is 5.69 Å². The first-order valence-electron chi connectivity index (χ1n) is 4.95. The first-order valence-corrected chi connectivity index (χ1v) is 6.03. The standard InChI is InChI=1S/C10H9IN2O6/c11-7-2-1-5(13(18)19)3-6(7)9(15)12-8(4-14)10(16)17/h1-3,8,14H,4H2,(H,12,15)(H,16,17)/t8-/m0/s1. The van der Waals surface area contributed by atoms with Gasteiger partial charge in [-0.05, 0) is 28.7 Å². The molecule has 0 aliphatic carbocycles. The van der Waals surface area contributed by atoms with E-state index in [0.717, 1.165) is 6.07 Å². The van der Waals surface area contributed by atoms with E-state index >= 15 is 0 Å². The average Bonchev–Trinajstić information content (AvgIpc) is 2.35. The Morgan fingerprint density at radius 3 is 2.58 bits per heavy atom. The van der Waals surface area contributed by atoms with Gasteiger partial charge < -0.3 is 15.5 Å². The molecule has 0 heterocycles. The molecule has 1 rings (SSSR count). The summed E-state index contributed by atoms with van der Waals surface area (Å²) >= 11 is 1.80. The first-order chi connectivity index (χ1) is 8.86. The number of carboxylic acids is 1. The van der Waals surface area contributed by atoms with E-state index in [4.69, 9.17) is 10.2 Å². The van der Waals surface area contributed by atoms with Crippen molar-refractivity contribution in [3.8, 4) is 0 Å². The van der Waals surface area contributed by atoms with Crippen LogP contribution in [-0.4, -0.2) is 39.7 Å². The number of amides is 1.